The number of fused-ring (bicyclic) bond motifs is 1. The van der Waals surface area contributed by atoms with Gasteiger partial charge in [0.25, 0.3) is 0 Å². The van der Waals surface area contributed by atoms with Crippen molar-refractivity contribution < 1.29 is 19.7 Å². The van der Waals surface area contributed by atoms with Crippen LogP contribution in [0.25, 0.3) is 0 Å². The van der Waals surface area contributed by atoms with E-state index in [0.29, 0.717) is 19.3 Å². The SMILES string of the molecule is C=C1CCC(O)C(C)=CC2OC(=O)C(C)C2CC1O. The van der Waals surface area contributed by atoms with Crippen LogP contribution >= 0.6 is 0 Å². The fraction of sp³-hybridized carbons (Fsp3) is 0.667. The maximum atomic E-state index is 11.7. The number of hydrogen-bond donors (Lipinski definition) is 2. The summed E-state index contributed by atoms with van der Waals surface area (Å²) in [5.74, 6) is -0.516. The number of ether oxygens (including phenoxy) is 1. The van der Waals surface area contributed by atoms with Crippen LogP contribution < -0.4 is 0 Å². The molecule has 5 atom stereocenters. The van der Waals surface area contributed by atoms with Gasteiger partial charge in [-0.3, -0.25) is 4.79 Å². The molecule has 1 heterocycles. The zero-order valence-electron chi connectivity index (χ0n) is 11.5. The van der Waals surface area contributed by atoms with Gasteiger partial charge in [0, 0.05) is 5.92 Å². The average molecular weight is 266 g/mol. The van der Waals surface area contributed by atoms with E-state index in [1.807, 2.05) is 19.9 Å². The van der Waals surface area contributed by atoms with E-state index in [-0.39, 0.29) is 23.9 Å². The summed E-state index contributed by atoms with van der Waals surface area (Å²) >= 11 is 0. The van der Waals surface area contributed by atoms with Crippen LogP contribution in [-0.4, -0.2) is 34.5 Å². The quantitative estimate of drug-likeness (QED) is 0.516. The molecular formula is C15H22O4. The molecule has 0 amide bonds. The predicted octanol–water partition coefficient (Wildman–Crippen LogP) is 1.57. The lowest BCUT2D eigenvalue weighted by molar-refractivity contribution is -0.142. The summed E-state index contributed by atoms with van der Waals surface area (Å²) in [7, 11) is 0. The third-order valence-electron chi connectivity index (χ3n) is 4.35. The van der Waals surface area contributed by atoms with Crippen LogP contribution in [-0.2, 0) is 9.53 Å². The summed E-state index contributed by atoms with van der Waals surface area (Å²) in [6.45, 7) is 7.55. The molecule has 106 valence electrons. The zero-order valence-corrected chi connectivity index (χ0v) is 11.5. The Balaban J connectivity index is 2.30. The Morgan fingerprint density at radius 2 is 2.05 bits per heavy atom. The molecule has 2 aliphatic rings. The number of rotatable bonds is 0. The van der Waals surface area contributed by atoms with Crippen LogP contribution in [0.2, 0.25) is 0 Å². The molecule has 0 aromatic rings. The lowest BCUT2D eigenvalue weighted by Crippen LogP contribution is -2.27. The minimum Gasteiger partial charge on any atom is -0.458 e. The van der Waals surface area contributed by atoms with Crippen LogP contribution in [0.15, 0.2) is 23.8 Å². The Morgan fingerprint density at radius 1 is 1.37 bits per heavy atom. The maximum absolute atomic E-state index is 11.7. The summed E-state index contributed by atoms with van der Waals surface area (Å²) in [5, 5.41) is 20.2. The number of aliphatic hydroxyl groups is 2. The first-order chi connectivity index (χ1) is 8.90. The molecule has 0 saturated carbocycles. The van der Waals surface area contributed by atoms with E-state index in [9.17, 15) is 15.0 Å². The molecule has 0 bridgehead atoms. The van der Waals surface area contributed by atoms with Crippen molar-refractivity contribution in [2.24, 2.45) is 11.8 Å². The molecular weight excluding hydrogens is 244 g/mol. The van der Waals surface area contributed by atoms with E-state index in [0.717, 1.165) is 11.1 Å². The highest BCUT2D eigenvalue weighted by atomic mass is 16.6. The maximum Gasteiger partial charge on any atom is 0.309 e. The van der Waals surface area contributed by atoms with E-state index in [1.165, 1.54) is 0 Å². The number of aliphatic hydroxyl groups excluding tert-OH is 2. The van der Waals surface area contributed by atoms with Gasteiger partial charge in [-0.1, -0.05) is 13.5 Å². The van der Waals surface area contributed by atoms with Crippen LogP contribution in [0.3, 0.4) is 0 Å². The Hall–Kier alpha value is -1.13. The minimum atomic E-state index is -0.636. The number of carbonyl (C=O) groups excluding carboxylic acids is 1. The molecule has 4 nitrogen and oxygen atoms in total. The van der Waals surface area contributed by atoms with Crippen molar-refractivity contribution in [3.05, 3.63) is 23.8 Å². The largest absolute Gasteiger partial charge is 0.458 e. The molecule has 1 aliphatic carbocycles. The molecule has 19 heavy (non-hydrogen) atoms. The van der Waals surface area contributed by atoms with Crippen LogP contribution in [0.4, 0.5) is 0 Å². The Labute approximate surface area is 113 Å². The third kappa shape index (κ3) is 2.90. The summed E-state index contributed by atoms with van der Waals surface area (Å²) in [5.41, 5.74) is 1.54. The van der Waals surface area contributed by atoms with Gasteiger partial charge in [-0.2, -0.15) is 0 Å². The van der Waals surface area contributed by atoms with Crippen molar-refractivity contribution in [1.29, 1.82) is 0 Å². The topological polar surface area (TPSA) is 66.8 Å². The second-order valence-corrected chi connectivity index (χ2v) is 5.73. The molecule has 0 aromatic carbocycles. The standard InChI is InChI=1S/C15H22O4/c1-8-4-5-12(16)9(2)6-14-11(7-13(8)17)10(3)15(18)19-14/h6,10-14,16-17H,1,4-5,7H2,2-3H3. The molecule has 5 unspecified atom stereocenters. The highest BCUT2D eigenvalue weighted by Gasteiger charge is 2.42. The monoisotopic (exact) mass is 266 g/mol. The van der Waals surface area contributed by atoms with Gasteiger partial charge in [-0.15, -0.1) is 0 Å². The molecule has 1 saturated heterocycles. The minimum absolute atomic E-state index is 0.0560. The first-order valence-electron chi connectivity index (χ1n) is 6.82. The fourth-order valence-electron chi connectivity index (χ4n) is 2.80. The molecule has 2 N–H and O–H groups in total. The van der Waals surface area contributed by atoms with Gasteiger partial charge in [0.15, 0.2) is 0 Å². The smallest absolute Gasteiger partial charge is 0.309 e. The fourth-order valence-corrected chi connectivity index (χ4v) is 2.80. The van der Waals surface area contributed by atoms with E-state index >= 15 is 0 Å². The third-order valence-corrected chi connectivity index (χ3v) is 4.35. The molecule has 0 radical (unpaired) electrons. The summed E-state index contributed by atoms with van der Waals surface area (Å²) in [4.78, 5) is 11.7. The van der Waals surface area contributed by atoms with Crippen LogP contribution in [0.1, 0.15) is 33.1 Å². The second-order valence-electron chi connectivity index (χ2n) is 5.73. The Kier molecular flexibility index (Phi) is 4.11. The predicted molar refractivity (Wildman–Crippen MR) is 71.3 cm³/mol. The summed E-state index contributed by atoms with van der Waals surface area (Å²) in [6, 6.07) is 0. The van der Waals surface area contributed by atoms with Crippen molar-refractivity contribution in [3.63, 3.8) is 0 Å². The first kappa shape index (κ1) is 14.3. The van der Waals surface area contributed by atoms with Crippen molar-refractivity contribution in [2.45, 2.75) is 51.4 Å². The molecule has 0 aromatic heterocycles. The number of carbonyl (C=O) groups is 1. The van der Waals surface area contributed by atoms with Crippen molar-refractivity contribution in [2.75, 3.05) is 0 Å². The molecule has 0 spiro atoms. The van der Waals surface area contributed by atoms with Gasteiger partial charge >= 0.3 is 5.97 Å². The normalized spacial score (nSPS) is 40.4. The lowest BCUT2D eigenvalue weighted by atomic mass is 9.82. The van der Waals surface area contributed by atoms with Crippen molar-refractivity contribution >= 4 is 5.97 Å². The molecule has 1 fully saturated rings. The first-order valence-corrected chi connectivity index (χ1v) is 6.82. The van der Waals surface area contributed by atoms with E-state index in [2.05, 4.69) is 6.58 Å². The number of hydrogen-bond acceptors (Lipinski definition) is 4. The molecule has 2 rings (SSSR count). The van der Waals surface area contributed by atoms with E-state index in [1.54, 1.807) is 0 Å². The second kappa shape index (κ2) is 5.47. The van der Waals surface area contributed by atoms with Crippen LogP contribution in [0, 0.1) is 11.8 Å². The van der Waals surface area contributed by atoms with Gasteiger partial charge in [0.2, 0.25) is 0 Å². The molecule has 4 heteroatoms. The van der Waals surface area contributed by atoms with Gasteiger partial charge in [-0.05, 0) is 43.4 Å². The Morgan fingerprint density at radius 3 is 2.74 bits per heavy atom. The summed E-state index contributed by atoms with van der Waals surface area (Å²) < 4.78 is 5.34. The Bertz CT molecular complexity index is 412. The van der Waals surface area contributed by atoms with Gasteiger partial charge in [0.05, 0.1) is 18.1 Å². The van der Waals surface area contributed by atoms with E-state index in [4.69, 9.17) is 4.74 Å². The van der Waals surface area contributed by atoms with Crippen molar-refractivity contribution in [1.82, 2.24) is 0 Å². The van der Waals surface area contributed by atoms with E-state index < -0.39 is 12.2 Å². The van der Waals surface area contributed by atoms with Gasteiger partial charge in [0.1, 0.15) is 6.10 Å². The van der Waals surface area contributed by atoms with Crippen molar-refractivity contribution in [3.8, 4) is 0 Å². The number of esters is 1. The summed E-state index contributed by atoms with van der Waals surface area (Å²) in [6.07, 6.45) is 1.89. The lowest BCUT2D eigenvalue weighted by Gasteiger charge is -2.25. The highest BCUT2D eigenvalue weighted by Crippen LogP contribution is 2.35. The van der Waals surface area contributed by atoms with Gasteiger partial charge in [-0.25, -0.2) is 0 Å². The zero-order chi connectivity index (χ0) is 14.2. The molecule has 1 aliphatic heterocycles. The highest BCUT2D eigenvalue weighted by molar-refractivity contribution is 5.75. The van der Waals surface area contributed by atoms with Gasteiger partial charge < -0.3 is 14.9 Å². The van der Waals surface area contributed by atoms with Crippen LogP contribution in [0.5, 0.6) is 0 Å². The average Bonchev–Trinajstić information content (AvgIpc) is 2.62.